The largest absolute Gasteiger partial charge is 0.277 e. The van der Waals surface area contributed by atoms with Gasteiger partial charge in [-0.25, -0.2) is 4.98 Å². The van der Waals surface area contributed by atoms with E-state index >= 15 is 0 Å². The minimum absolute atomic E-state index is 0.509. The molecule has 1 aliphatic carbocycles. The summed E-state index contributed by atoms with van der Waals surface area (Å²) in [6, 6.07) is 65.4. The fourth-order valence-corrected chi connectivity index (χ4v) is 10.6. The van der Waals surface area contributed by atoms with E-state index in [-0.39, 0.29) is 0 Å². The molecule has 0 saturated heterocycles. The van der Waals surface area contributed by atoms with Gasteiger partial charge >= 0.3 is 0 Å². The number of nitrogens with zero attached hydrogens (tertiary/aromatic N) is 4. The topological polar surface area (TPSA) is 43.6 Å². The Kier molecular flexibility index (Phi) is 6.45. The fraction of sp³-hybridized carbons (Fsp3) is 0.0200. The summed E-state index contributed by atoms with van der Waals surface area (Å²) in [5, 5.41) is 4.77. The number of hydrogen-bond donors (Lipinski definition) is 0. The summed E-state index contributed by atoms with van der Waals surface area (Å²) in [5.41, 5.74) is 11.3. The van der Waals surface area contributed by atoms with E-state index in [1.54, 1.807) is 0 Å². The fourth-order valence-electron chi connectivity index (χ4n) is 9.28. The first-order valence-corrected chi connectivity index (χ1v) is 19.4. The Balaban J connectivity index is 1.27. The quantitative estimate of drug-likeness (QED) is 0.182. The van der Waals surface area contributed by atoms with Crippen LogP contribution in [0.2, 0.25) is 0 Å². The molecule has 1 spiro atoms. The maximum atomic E-state index is 5.34. The third-order valence-electron chi connectivity index (χ3n) is 11.5. The summed E-state index contributed by atoms with van der Waals surface area (Å²) in [6.45, 7) is 0. The average Bonchev–Trinajstić information content (AvgIpc) is 3.76. The zero-order valence-electron chi connectivity index (χ0n) is 29.5. The molecule has 0 radical (unpaired) electrons. The minimum Gasteiger partial charge on any atom is -0.277 e. The Morgan fingerprint density at radius 1 is 0.436 bits per heavy atom. The second-order valence-electron chi connectivity index (χ2n) is 14.3. The Labute approximate surface area is 321 Å². The van der Waals surface area contributed by atoms with E-state index < -0.39 is 5.41 Å². The van der Waals surface area contributed by atoms with Crippen molar-refractivity contribution in [3.05, 3.63) is 204 Å². The molecular formula is C50H30N4S. The zero-order chi connectivity index (χ0) is 36.1. The molecule has 0 amide bonds. The summed E-state index contributed by atoms with van der Waals surface area (Å²) in [6.07, 6.45) is 0. The number of benzene rings is 8. The summed E-state index contributed by atoms with van der Waals surface area (Å²) < 4.78 is 2.32. The van der Waals surface area contributed by atoms with E-state index in [0.29, 0.717) is 17.6 Å². The normalized spacial score (nSPS) is 13.5. The highest BCUT2D eigenvalue weighted by atomic mass is 32.2. The molecule has 0 N–H and O–H groups in total. The van der Waals surface area contributed by atoms with Gasteiger partial charge in [-0.2, -0.15) is 9.97 Å². The van der Waals surface area contributed by atoms with Gasteiger partial charge in [0.05, 0.1) is 16.4 Å². The smallest absolute Gasteiger partial charge is 0.238 e. The summed E-state index contributed by atoms with van der Waals surface area (Å²) >= 11 is 1.86. The third-order valence-corrected chi connectivity index (χ3v) is 12.7. The highest BCUT2D eigenvalue weighted by Crippen LogP contribution is 2.63. The number of rotatable bonds is 3. The molecule has 2 aromatic heterocycles. The molecule has 256 valence electrons. The van der Waals surface area contributed by atoms with E-state index in [2.05, 4.69) is 150 Å². The molecule has 5 heteroatoms. The molecule has 3 heterocycles. The minimum atomic E-state index is -0.509. The van der Waals surface area contributed by atoms with Crippen LogP contribution in [0.15, 0.2) is 192 Å². The predicted molar refractivity (Wildman–Crippen MR) is 224 cm³/mol. The van der Waals surface area contributed by atoms with Crippen molar-refractivity contribution in [2.24, 2.45) is 0 Å². The standard InChI is InChI=1S/C50H30N4S/c1-3-16-32(17-4-1)47-51-48(33-18-5-2-6-19-33)53-49(52-47)54-42-30-27-31-15-7-8-20-34(31)44(42)37-28-29-41-46(45(37)54)55-43-26-14-13-25-40(43)50(41)38-23-11-9-21-35(38)36-22-10-12-24-39(36)50/h1-30H. The van der Waals surface area contributed by atoms with Crippen molar-refractivity contribution in [1.29, 1.82) is 0 Å². The summed E-state index contributed by atoms with van der Waals surface area (Å²) in [5.74, 6) is 1.87. The Morgan fingerprint density at radius 3 is 1.71 bits per heavy atom. The van der Waals surface area contributed by atoms with Gasteiger partial charge in [0.25, 0.3) is 0 Å². The third kappa shape index (κ3) is 4.21. The lowest BCUT2D eigenvalue weighted by Crippen LogP contribution is -2.32. The van der Waals surface area contributed by atoms with Gasteiger partial charge in [0, 0.05) is 31.7 Å². The molecule has 2 aliphatic rings. The van der Waals surface area contributed by atoms with Gasteiger partial charge in [-0.05, 0) is 56.3 Å². The van der Waals surface area contributed by atoms with Crippen LogP contribution in [0.3, 0.4) is 0 Å². The molecular weight excluding hydrogens is 689 g/mol. The van der Waals surface area contributed by atoms with Gasteiger partial charge in [0.1, 0.15) is 0 Å². The molecule has 0 saturated carbocycles. The van der Waals surface area contributed by atoms with Gasteiger partial charge in [-0.3, -0.25) is 4.57 Å². The van der Waals surface area contributed by atoms with Gasteiger partial charge in [-0.15, -0.1) is 0 Å². The van der Waals surface area contributed by atoms with E-state index in [1.807, 2.05) is 48.2 Å². The highest BCUT2D eigenvalue weighted by molar-refractivity contribution is 7.99. The van der Waals surface area contributed by atoms with Crippen molar-refractivity contribution in [2.75, 3.05) is 0 Å². The van der Waals surface area contributed by atoms with Crippen LogP contribution in [0.1, 0.15) is 22.3 Å². The predicted octanol–water partition coefficient (Wildman–Crippen LogP) is 12.3. The second-order valence-corrected chi connectivity index (χ2v) is 15.4. The van der Waals surface area contributed by atoms with Crippen LogP contribution in [0.4, 0.5) is 0 Å². The molecule has 0 unspecified atom stereocenters. The number of fused-ring (bicyclic) bond motifs is 15. The van der Waals surface area contributed by atoms with Crippen molar-refractivity contribution >= 4 is 44.3 Å². The molecule has 10 aromatic rings. The SMILES string of the molecule is c1ccc(-c2nc(-c3ccccc3)nc(-n3c4ccc5ccccc5c4c4ccc5c(c43)Sc3ccccc3C53c4ccccc4-c4ccccc43)n2)cc1. The number of aromatic nitrogens is 4. The molecule has 0 fully saturated rings. The molecule has 4 nitrogen and oxygen atoms in total. The first-order chi connectivity index (χ1) is 27.3. The molecule has 0 atom stereocenters. The first-order valence-electron chi connectivity index (χ1n) is 18.6. The van der Waals surface area contributed by atoms with E-state index in [4.69, 9.17) is 15.0 Å². The summed E-state index contributed by atoms with van der Waals surface area (Å²) in [4.78, 5) is 18.2. The maximum absolute atomic E-state index is 5.34. The van der Waals surface area contributed by atoms with E-state index in [9.17, 15) is 0 Å². The zero-order valence-corrected chi connectivity index (χ0v) is 30.3. The molecule has 1 aliphatic heterocycles. The van der Waals surface area contributed by atoms with Gasteiger partial charge in [0.15, 0.2) is 11.6 Å². The van der Waals surface area contributed by atoms with Gasteiger partial charge < -0.3 is 0 Å². The van der Waals surface area contributed by atoms with Crippen LogP contribution in [-0.2, 0) is 5.41 Å². The van der Waals surface area contributed by atoms with Crippen LogP contribution in [0, 0.1) is 0 Å². The highest BCUT2D eigenvalue weighted by Gasteiger charge is 2.50. The van der Waals surface area contributed by atoms with Crippen molar-refractivity contribution in [3.8, 4) is 39.9 Å². The molecule has 0 bridgehead atoms. The summed E-state index contributed by atoms with van der Waals surface area (Å²) in [7, 11) is 0. The van der Waals surface area contributed by atoms with Crippen LogP contribution < -0.4 is 0 Å². The van der Waals surface area contributed by atoms with Crippen molar-refractivity contribution < 1.29 is 0 Å². The molecule has 8 aromatic carbocycles. The average molecular weight is 719 g/mol. The van der Waals surface area contributed by atoms with Crippen molar-refractivity contribution in [1.82, 2.24) is 19.5 Å². The molecule has 55 heavy (non-hydrogen) atoms. The second kappa shape index (κ2) is 11.6. The van der Waals surface area contributed by atoms with Gasteiger partial charge in [-0.1, -0.05) is 182 Å². The lowest BCUT2D eigenvalue weighted by Gasteiger charge is -2.40. The first kappa shape index (κ1) is 30.6. The van der Waals surface area contributed by atoms with Gasteiger partial charge in [0.2, 0.25) is 5.95 Å². The van der Waals surface area contributed by atoms with Crippen LogP contribution in [0.25, 0.3) is 72.4 Å². The van der Waals surface area contributed by atoms with Crippen molar-refractivity contribution in [2.45, 2.75) is 15.2 Å². The van der Waals surface area contributed by atoms with E-state index in [0.717, 1.165) is 22.2 Å². The monoisotopic (exact) mass is 718 g/mol. The van der Waals surface area contributed by atoms with Crippen LogP contribution in [0.5, 0.6) is 0 Å². The van der Waals surface area contributed by atoms with Crippen LogP contribution >= 0.6 is 11.8 Å². The lowest BCUT2D eigenvalue weighted by molar-refractivity contribution is 0.724. The Bertz CT molecular complexity index is 3080. The Morgan fingerprint density at radius 2 is 1.02 bits per heavy atom. The number of hydrogen-bond acceptors (Lipinski definition) is 4. The van der Waals surface area contributed by atoms with Crippen molar-refractivity contribution in [3.63, 3.8) is 0 Å². The van der Waals surface area contributed by atoms with Crippen LogP contribution in [-0.4, -0.2) is 19.5 Å². The molecule has 12 rings (SSSR count). The maximum Gasteiger partial charge on any atom is 0.238 e. The lowest BCUT2D eigenvalue weighted by atomic mass is 9.67. The van der Waals surface area contributed by atoms with E-state index in [1.165, 1.54) is 64.7 Å². The Hall–Kier alpha value is -6.82.